The molecule has 6 heteroatoms. The molecule has 2 aromatic carbocycles. The molecule has 1 aliphatic rings. The summed E-state index contributed by atoms with van der Waals surface area (Å²) in [5.74, 6) is -0.266. The van der Waals surface area contributed by atoms with Gasteiger partial charge in [0.1, 0.15) is 11.9 Å². The van der Waals surface area contributed by atoms with Gasteiger partial charge < -0.3 is 11.1 Å². The fourth-order valence-electron chi connectivity index (χ4n) is 3.45. The maximum Gasteiger partial charge on any atom is 0.230 e. The highest BCUT2D eigenvalue weighted by molar-refractivity contribution is 6.03. The minimum absolute atomic E-state index is 0.195. The summed E-state index contributed by atoms with van der Waals surface area (Å²) in [4.78, 5) is 16.5. The van der Waals surface area contributed by atoms with Gasteiger partial charge in [-0.25, -0.2) is 4.98 Å². The van der Waals surface area contributed by atoms with Crippen LogP contribution in [0.3, 0.4) is 0 Å². The second kappa shape index (κ2) is 6.68. The molecular formula is C22H17N5O. The summed E-state index contributed by atoms with van der Waals surface area (Å²) in [6, 6.07) is 15.8. The van der Waals surface area contributed by atoms with Crippen molar-refractivity contribution in [3.05, 3.63) is 53.7 Å². The van der Waals surface area contributed by atoms with Crippen molar-refractivity contribution in [2.45, 2.75) is 13.3 Å². The lowest BCUT2D eigenvalue weighted by molar-refractivity contribution is -0.117. The number of nitriles is 2. The normalized spacial score (nSPS) is 17.5. The van der Waals surface area contributed by atoms with Crippen LogP contribution in [-0.2, 0) is 4.79 Å². The van der Waals surface area contributed by atoms with E-state index < -0.39 is 0 Å². The van der Waals surface area contributed by atoms with Crippen LogP contribution in [0.5, 0.6) is 0 Å². The summed E-state index contributed by atoms with van der Waals surface area (Å²) in [6.07, 6.45) is 2.16. The quantitative estimate of drug-likeness (QED) is 0.684. The summed E-state index contributed by atoms with van der Waals surface area (Å²) in [5, 5.41) is 22.8. The van der Waals surface area contributed by atoms with Crippen LogP contribution in [0.4, 0.5) is 11.5 Å². The number of nitrogen functional groups attached to an aromatic ring is 1. The fraction of sp³-hybridized carbons (Fsp3) is 0.182. The number of nitrogens with zero attached hydrogens (tertiary/aromatic N) is 3. The monoisotopic (exact) mass is 367 g/mol. The van der Waals surface area contributed by atoms with E-state index in [0.29, 0.717) is 28.9 Å². The van der Waals surface area contributed by atoms with E-state index in [1.165, 1.54) is 0 Å². The van der Waals surface area contributed by atoms with Gasteiger partial charge in [-0.3, -0.25) is 4.79 Å². The van der Waals surface area contributed by atoms with Crippen LogP contribution in [-0.4, -0.2) is 10.9 Å². The Morgan fingerprint density at radius 3 is 2.71 bits per heavy atom. The third-order valence-electron chi connectivity index (χ3n) is 5.16. The zero-order valence-electron chi connectivity index (χ0n) is 15.2. The summed E-state index contributed by atoms with van der Waals surface area (Å²) in [5.41, 5.74) is 9.78. The third-order valence-corrected chi connectivity index (χ3v) is 5.16. The molecule has 3 aromatic rings. The maximum atomic E-state index is 12.2. The first-order chi connectivity index (χ1) is 13.5. The van der Waals surface area contributed by atoms with Crippen molar-refractivity contribution in [3.63, 3.8) is 0 Å². The maximum absolute atomic E-state index is 12.2. The van der Waals surface area contributed by atoms with Gasteiger partial charge in [0.15, 0.2) is 0 Å². The van der Waals surface area contributed by atoms with Crippen molar-refractivity contribution in [1.29, 1.82) is 10.5 Å². The second-order valence-corrected chi connectivity index (χ2v) is 7.00. The van der Waals surface area contributed by atoms with Crippen molar-refractivity contribution in [2.24, 2.45) is 11.8 Å². The molecule has 1 amide bonds. The molecule has 0 saturated heterocycles. The summed E-state index contributed by atoms with van der Waals surface area (Å²) in [7, 11) is 0. The van der Waals surface area contributed by atoms with Crippen LogP contribution in [0.2, 0.25) is 0 Å². The SMILES string of the molecule is Cc1ccccc1-c1cc2cc(NC(=O)C3CC3C#N)ncc2c(N)c1C#N. The number of hydrogen-bond acceptors (Lipinski definition) is 5. The fourth-order valence-corrected chi connectivity index (χ4v) is 3.45. The molecule has 0 aliphatic heterocycles. The molecule has 0 spiro atoms. The van der Waals surface area contributed by atoms with E-state index in [4.69, 9.17) is 11.0 Å². The first-order valence-electron chi connectivity index (χ1n) is 8.92. The van der Waals surface area contributed by atoms with E-state index in [2.05, 4.69) is 22.4 Å². The Hall–Kier alpha value is -3.90. The number of rotatable bonds is 3. The molecule has 1 heterocycles. The molecule has 6 nitrogen and oxygen atoms in total. The molecule has 0 bridgehead atoms. The van der Waals surface area contributed by atoms with Crippen molar-refractivity contribution in [3.8, 4) is 23.3 Å². The Morgan fingerprint density at radius 1 is 1.25 bits per heavy atom. The van der Waals surface area contributed by atoms with Gasteiger partial charge in [-0.05, 0) is 42.0 Å². The zero-order chi connectivity index (χ0) is 19.8. The number of benzene rings is 2. The Morgan fingerprint density at radius 2 is 2.04 bits per heavy atom. The van der Waals surface area contributed by atoms with E-state index in [1.807, 2.05) is 37.3 Å². The van der Waals surface area contributed by atoms with Crippen molar-refractivity contribution in [1.82, 2.24) is 4.98 Å². The minimum atomic E-state index is -0.268. The van der Waals surface area contributed by atoms with E-state index in [1.54, 1.807) is 12.3 Å². The van der Waals surface area contributed by atoms with Gasteiger partial charge in [-0.2, -0.15) is 10.5 Å². The molecule has 3 N–H and O–H groups in total. The molecule has 136 valence electrons. The number of pyridine rings is 1. The molecule has 2 unspecified atom stereocenters. The Kier molecular flexibility index (Phi) is 4.18. The minimum Gasteiger partial charge on any atom is -0.397 e. The molecule has 1 saturated carbocycles. The van der Waals surface area contributed by atoms with Crippen LogP contribution in [0.15, 0.2) is 42.6 Å². The molecule has 1 aliphatic carbocycles. The van der Waals surface area contributed by atoms with Crippen LogP contribution in [0, 0.1) is 41.4 Å². The number of aryl methyl sites for hydroxylation is 1. The highest BCUT2D eigenvalue weighted by Crippen LogP contribution is 2.39. The van der Waals surface area contributed by atoms with Crippen molar-refractivity contribution in [2.75, 3.05) is 11.1 Å². The summed E-state index contributed by atoms with van der Waals surface area (Å²) in [6.45, 7) is 1.98. The second-order valence-electron chi connectivity index (χ2n) is 7.00. The lowest BCUT2D eigenvalue weighted by Crippen LogP contribution is -2.15. The lowest BCUT2D eigenvalue weighted by atomic mass is 9.92. The number of carbonyl (C=O) groups excluding carboxylic acids is 1. The summed E-state index contributed by atoms with van der Waals surface area (Å²) < 4.78 is 0. The van der Waals surface area contributed by atoms with E-state index >= 15 is 0 Å². The van der Waals surface area contributed by atoms with E-state index in [0.717, 1.165) is 22.1 Å². The number of fused-ring (bicyclic) bond motifs is 1. The van der Waals surface area contributed by atoms with E-state index in [9.17, 15) is 10.1 Å². The van der Waals surface area contributed by atoms with Gasteiger partial charge in [0, 0.05) is 17.1 Å². The van der Waals surface area contributed by atoms with Crippen LogP contribution in [0.1, 0.15) is 17.5 Å². The number of amides is 1. The number of aromatic nitrogens is 1. The lowest BCUT2D eigenvalue weighted by Gasteiger charge is -2.13. The molecule has 2 atom stereocenters. The van der Waals surface area contributed by atoms with Crippen molar-refractivity contribution >= 4 is 28.2 Å². The average molecular weight is 367 g/mol. The van der Waals surface area contributed by atoms with E-state index in [-0.39, 0.29) is 17.7 Å². The molecule has 4 rings (SSSR count). The first kappa shape index (κ1) is 17.5. The number of carbonyl (C=O) groups is 1. The summed E-state index contributed by atoms with van der Waals surface area (Å²) >= 11 is 0. The Balaban J connectivity index is 1.79. The molecule has 1 aromatic heterocycles. The number of nitrogens with two attached hydrogens (primary N) is 1. The molecule has 0 radical (unpaired) electrons. The largest absolute Gasteiger partial charge is 0.397 e. The highest BCUT2D eigenvalue weighted by atomic mass is 16.2. The smallest absolute Gasteiger partial charge is 0.230 e. The third kappa shape index (κ3) is 2.91. The van der Waals surface area contributed by atoms with Gasteiger partial charge >= 0.3 is 0 Å². The molecule has 1 fully saturated rings. The first-order valence-corrected chi connectivity index (χ1v) is 8.92. The molecule has 28 heavy (non-hydrogen) atoms. The van der Waals surface area contributed by atoms with Crippen LogP contribution in [0.25, 0.3) is 21.9 Å². The van der Waals surface area contributed by atoms with Crippen LogP contribution < -0.4 is 11.1 Å². The van der Waals surface area contributed by atoms with Gasteiger partial charge in [0.05, 0.1) is 29.2 Å². The average Bonchev–Trinajstić information content (AvgIpc) is 3.48. The number of anilines is 2. The van der Waals surface area contributed by atoms with Gasteiger partial charge in [0.2, 0.25) is 5.91 Å². The van der Waals surface area contributed by atoms with Gasteiger partial charge in [-0.1, -0.05) is 24.3 Å². The zero-order valence-corrected chi connectivity index (χ0v) is 15.2. The highest BCUT2D eigenvalue weighted by Gasteiger charge is 2.43. The van der Waals surface area contributed by atoms with Crippen LogP contribution >= 0.6 is 0 Å². The van der Waals surface area contributed by atoms with Crippen molar-refractivity contribution < 1.29 is 4.79 Å². The predicted octanol–water partition coefficient (Wildman–Crippen LogP) is 3.76. The standard InChI is InChI=1S/C22H17N5O/c1-12-4-2-3-5-15(12)17-6-13-8-20(27-22(28)16-7-14(16)9-23)26-11-19(13)21(25)18(17)10-24/h2-6,8,11,14,16H,7,25H2,1H3,(H,26,27,28). The van der Waals surface area contributed by atoms with Gasteiger partial charge in [-0.15, -0.1) is 0 Å². The predicted molar refractivity (Wildman–Crippen MR) is 107 cm³/mol. The number of hydrogen-bond donors (Lipinski definition) is 2. The van der Waals surface area contributed by atoms with Gasteiger partial charge in [0.25, 0.3) is 0 Å². The Bertz CT molecular complexity index is 1200. The molecular weight excluding hydrogens is 350 g/mol. The topological polar surface area (TPSA) is 116 Å². The Labute approximate surface area is 162 Å². The number of nitrogens with one attached hydrogen (secondary N) is 1.